The Bertz CT molecular complexity index is 290. The van der Waals surface area contributed by atoms with Crippen molar-refractivity contribution in [1.29, 1.82) is 0 Å². The van der Waals surface area contributed by atoms with Gasteiger partial charge in [-0.1, -0.05) is 0 Å². The molecule has 0 radical (unpaired) electrons. The fourth-order valence-electron chi connectivity index (χ4n) is 3.19. The third-order valence-corrected chi connectivity index (χ3v) is 4.42. The molecule has 2 aliphatic heterocycles. The number of nitrogens with two attached hydrogens (primary N) is 1. The van der Waals surface area contributed by atoms with E-state index in [-0.39, 0.29) is 5.60 Å². The van der Waals surface area contributed by atoms with Gasteiger partial charge in [0.1, 0.15) is 0 Å². The Kier molecular flexibility index (Phi) is 2.14. The molecule has 3 aliphatic rings. The summed E-state index contributed by atoms with van der Waals surface area (Å²) in [6, 6.07) is 0. The number of carboxylic acids is 1. The van der Waals surface area contributed by atoms with Crippen molar-refractivity contribution in [2.24, 2.45) is 11.1 Å². The number of carbonyl (C=O) groups is 1. The van der Waals surface area contributed by atoms with Gasteiger partial charge in [0, 0.05) is 6.54 Å². The van der Waals surface area contributed by atoms with Crippen molar-refractivity contribution in [3.05, 3.63) is 0 Å². The first-order valence-corrected chi connectivity index (χ1v) is 5.51. The Balaban J connectivity index is 2.37. The number of carboxylic acid groups (broad SMARTS) is 1. The average Bonchev–Trinajstić information content (AvgIpc) is 2.17. The summed E-state index contributed by atoms with van der Waals surface area (Å²) in [7, 11) is 0. The Morgan fingerprint density at radius 2 is 1.87 bits per heavy atom. The molecule has 0 amide bonds. The quantitative estimate of drug-likeness (QED) is 0.721. The average molecular weight is 213 g/mol. The van der Waals surface area contributed by atoms with Gasteiger partial charge in [0.2, 0.25) is 0 Å². The molecule has 2 heterocycles. The number of ether oxygens (including phenoxy) is 1. The summed E-state index contributed by atoms with van der Waals surface area (Å²) in [5.74, 6) is -0.724. The Morgan fingerprint density at radius 3 is 2.20 bits per heavy atom. The molecule has 2 saturated heterocycles. The number of hydrogen-bond acceptors (Lipinski definition) is 3. The number of rotatable bonds is 2. The predicted octanol–water partition coefficient (Wildman–Crippen LogP) is 1.14. The van der Waals surface area contributed by atoms with E-state index in [1.54, 1.807) is 0 Å². The van der Waals surface area contributed by atoms with Crippen LogP contribution in [0.2, 0.25) is 0 Å². The molecule has 2 bridgehead atoms. The molecule has 0 atom stereocenters. The van der Waals surface area contributed by atoms with Crippen molar-refractivity contribution in [3.63, 3.8) is 0 Å². The van der Waals surface area contributed by atoms with Crippen molar-refractivity contribution in [2.45, 2.75) is 50.7 Å². The topological polar surface area (TPSA) is 72.5 Å². The summed E-state index contributed by atoms with van der Waals surface area (Å²) < 4.78 is 5.97. The molecule has 0 spiro atoms. The van der Waals surface area contributed by atoms with Crippen molar-refractivity contribution < 1.29 is 14.6 Å². The number of aliphatic carboxylic acids is 1. The Hall–Kier alpha value is -0.610. The van der Waals surface area contributed by atoms with Crippen molar-refractivity contribution in [1.82, 2.24) is 0 Å². The van der Waals surface area contributed by atoms with Gasteiger partial charge in [0.25, 0.3) is 0 Å². The molecule has 4 nitrogen and oxygen atoms in total. The lowest BCUT2D eigenvalue weighted by Crippen LogP contribution is -2.66. The van der Waals surface area contributed by atoms with E-state index in [1.807, 2.05) is 13.8 Å². The van der Waals surface area contributed by atoms with Crippen LogP contribution in [0.25, 0.3) is 0 Å². The summed E-state index contributed by atoms with van der Waals surface area (Å²) in [6.45, 7) is 4.25. The van der Waals surface area contributed by atoms with E-state index in [0.717, 1.165) is 12.8 Å². The number of hydrogen-bond donors (Lipinski definition) is 2. The van der Waals surface area contributed by atoms with E-state index in [9.17, 15) is 9.90 Å². The summed E-state index contributed by atoms with van der Waals surface area (Å²) in [6.07, 6.45) is 2.93. The molecule has 0 aromatic heterocycles. The second kappa shape index (κ2) is 2.95. The van der Waals surface area contributed by atoms with Crippen LogP contribution in [0.3, 0.4) is 0 Å². The van der Waals surface area contributed by atoms with Gasteiger partial charge in [-0.3, -0.25) is 4.79 Å². The fourth-order valence-corrected chi connectivity index (χ4v) is 3.19. The molecule has 0 unspecified atom stereocenters. The lowest BCUT2D eigenvalue weighted by atomic mass is 9.57. The van der Waals surface area contributed by atoms with Crippen LogP contribution in [-0.2, 0) is 9.53 Å². The summed E-state index contributed by atoms with van der Waals surface area (Å²) in [4.78, 5) is 11.4. The zero-order valence-corrected chi connectivity index (χ0v) is 9.38. The third kappa shape index (κ3) is 1.24. The highest BCUT2D eigenvalue weighted by Gasteiger charge is 2.63. The van der Waals surface area contributed by atoms with E-state index in [1.165, 1.54) is 0 Å². The van der Waals surface area contributed by atoms with Gasteiger partial charge >= 0.3 is 5.97 Å². The SMILES string of the molecule is CC1(C)OC2(CN)CCC1(C(=O)O)CC2. The second-order valence-electron chi connectivity index (χ2n) is 5.39. The van der Waals surface area contributed by atoms with Gasteiger partial charge in [-0.2, -0.15) is 0 Å². The molecule has 4 heteroatoms. The minimum Gasteiger partial charge on any atom is -0.481 e. The number of fused-ring (bicyclic) bond motifs is 3. The summed E-state index contributed by atoms with van der Waals surface area (Å²) in [5.41, 5.74) is 4.17. The van der Waals surface area contributed by atoms with E-state index in [2.05, 4.69) is 0 Å². The first-order valence-electron chi connectivity index (χ1n) is 5.51. The molecule has 1 saturated carbocycles. The first-order chi connectivity index (χ1) is 6.88. The lowest BCUT2D eigenvalue weighted by molar-refractivity contribution is -0.272. The van der Waals surface area contributed by atoms with E-state index < -0.39 is 17.0 Å². The van der Waals surface area contributed by atoms with Crippen LogP contribution in [-0.4, -0.2) is 28.8 Å². The van der Waals surface area contributed by atoms with Gasteiger partial charge in [0.15, 0.2) is 0 Å². The van der Waals surface area contributed by atoms with Gasteiger partial charge < -0.3 is 15.6 Å². The fraction of sp³-hybridized carbons (Fsp3) is 0.909. The van der Waals surface area contributed by atoms with E-state index in [0.29, 0.717) is 19.4 Å². The monoisotopic (exact) mass is 213 g/mol. The highest BCUT2D eigenvalue weighted by atomic mass is 16.5. The molecule has 0 aromatic rings. The Morgan fingerprint density at radius 1 is 1.33 bits per heavy atom. The van der Waals surface area contributed by atoms with Crippen LogP contribution in [0.4, 0.5) is 0 Å². The third-order valence-electron chi connectivity index (χ3n) is 4.42. The van der Waals surface area contributed by atoms with Crippen molar-refractivity contribution in [2.75, 3.05) is 6.54 Å². The highest BCUT2D eigenvalue weighted by molar-refractivity contribution is 5.77. The van der Waals surface area contributed by atoms with Gasteiger partial charge in [0.05, 0.1) is 16.6 Å². The maximum atomic E-state index is 11.4. The second-order valence-corrected chi connectivity index (χ2v) is 5.39. The van der Waals surface area contributed by atoms with Crippen LogP contribution in [0, 0.1) is 5.41 Å². The molecule has 3 fully saturated rings. The van der Waals surface area contributed by atoms with Crippen LogP contribution in [0.5, 0.6) is 0 Å². The molecule has 3 rings (SSSR count). The van der Waals surface area contributed by atoms with Crippen molar-refractivity contribution >= 4 is 5.97 Å². The molecular formula is C11H19NO3. The predicted molar refractivity (Wildman–Crippen MR) is 55.5 cm³/mol. The molecule has 86 valence electrons. The highest BCUT2D eigenvalue weighted by Crippen LogP contribution is 2.57. The minimum atomic E-state index is -0.724. The molecule has 1 aliphatic carbocycles. The normalized spacial score (nSPS) is 42.9. The van der Waals surface area contributed by atoms with Crippen LogP contribution >= 0.6 is 0 Å². The largest absolute Gasteiger partial charge is 0.481 e. The van der Waals surface area contributed by atoms with Crippen LogP contribution in [0.15, 0.2) is 0 Å². The van der Waals surface area contributed by atoms with E-state index >= 15 is 0 Å². The van der Waals surface area contributed by atoms with Gasteiger partial charge in [-0.15, -0.1) is 0 Å². The Labute approximate surface area is 89.8 Å². The molecule has 3 N–H and O–H groups in total. The van der Waals surface area contributed by atoms with Gasteiger partial charge in [-0.25, -0.2) is 0 Å². The summed E-state index contributed by atoms with van der Waals surface area (Å²) >= 11 is 0. The zero-order valence-electron chi connectivity index (χ0n) is 9.38. The molecule has 15 heavy (non-hydrogen) atoms. The minimum absolute atomic E-state index is 0.263. The van der Waals surface area contributed by atoms with Gasteiger partial charge in [-0.05, 0) is 39.5 Å². The van der Waals surface area contributed by atoms with Crippen LogP contribution < -0.4 is 5.73 Å². The lowest BCUT2D eigenvalue weighted by Gasteiger charge is -2.59. The zero-order chi connectivity index (χ0) is 11.3. The van der Waals surface area contributed by atoms with E-state index in [4.69, 9.17) is 10.5 Å². The maximum Gasteiger partial charge on any atom is 0.312 e. The van der Waals surface area contributed by atoms with Crippen LogP contribution in [0.1, 0.15) is 39.5 Å². The smallest absolute Gasteiger partial charge is 0.312 e. The van der Waals surface area contributed by atoms with Crippen molar-refractivity contribution in [3.8, 4) is 0 Å². The standard InChI is InChI=1S/C11H19NO3/c1-9(2)11(8(13)14)5-3-10(7-12,15-9)4-6-11/h3-7,12H2,1-2H3,(H,13,14). The summed E-state index contributed by atoms with van der Waals surface area (Å²) in [5, 5.41) is 9.39. The maximum absolute atomic E-state index is 11.4. The molecule has 0 aromatic carbocycles. The first kappa shape index (κ1) is 10.9. The molecular weight excluding hydrogens is 194 g/mol.